The number of aliphatic hydroxyl groups is 11. The summed E-state index contributed by atoms with van der Waals surface area (Å²) in [6.07, 6.45) is 64.7. The van der Waals surface area contributed by atoms with Crippen LogP contribution in [0.4, 0.5) is 0 Å². The number of hydrogen-bond acceptors (Lipinski definition) is 18. The van der Waals surface area contributed by atoms with E-state index in [-0.39, 0.29) is 18.9 Å². The average Bonchev–Trinajstić information content (AvgIpc) is 0.781. The van der Waals surface area contributed by atoms with Gasteiger partial charge in [-0.15, -0.1) is 0 Å². The van der Waals surface area contributed by atoms with Crippen LogP contribution < -0.4 is 5.32 Å². The number of hydrogen-bond donors (Lipinski definition) is 12. The Labute approximate surface area is 633 Å². The lowest BCUT2D eigenvalue weighted by Crippen LogP contribution is -2.66. The SMILES string of the molecule is CC/C=C\C/C=C\C/C=C\C/C=C\C/C=C\C/C=C\C/C=C\C/C=C\CCCCCCCCC(=O)NC(COC1OC(CO)C(OC2OC(CO)C(OC3OC(CO)C(O)C(O)C3O)C(O)C2O)C(O)C1O)C(O)/C=C/CC/C=C/CCCCCCCCCCCCCCCCCCCCCCCCC. The molecular formula is C86H147NO18. The lowest BCUT2D eigenvalue weighted by atomic mass is 9.96. The van der Waals surface area contributed by atoms with Crippen LogP contribution in [0.5, 0.6) is 0 Å². The molecule has 1 amide bonds. The molecule has 12 N–H and O–H groups in total. The highest BCUT2D eigenvalue weighted by atomic mass is 16.8. The number of unbranched alkanes of at least 4 members (excludes halogenated alkanes) is 30. The normalized spacial score (nSPS) is 26.4. The Morgan fingerprint density at radius 2 is 0.667 bits per heavy atom. The Kier molecular flexibility index (Phi) is 59.0. The number of allylic oxidation sites excluding steroid dienone is 19. The van der Waals surface area contributed by atoms with E-state index >= 15 is 0 Å². The highest BCUT2D eigenvalue weighted by Gasteiger charge is 2.54. The highest BCUT2D eigenvalue weighted by molar-refractivity contribution is 5.76. The van der Waals surface area contributed by atoms with E-state index in [9.17, 15) is 61.0 Å². The quantitative estimate of drug-likeness (QED) is 0.0199. The molecule has 17 atom stereocenters. The fraction of sp³-hybridized carbons (Fsp3) is 0.756. The van der Waals surface area contributed by atoms with E-state index in [1.807, 2.05) is 6.08 Å². The van der Waals surface area contributed by atoms with Gasteiger partial charge in [0.15, 0.2) is 18.9 Å². The number of ether oxygens (including phenoxy) is 6. The van der Waals surface area contributed by atoms with Gasteiger partial charge in [-0.3, -0.25) is 4.79 Å². The van der Waals surface area contributed by atoms with Gasteiger partial charge >= 0.3 is 0 Å². The van der Waals surface area contributed by atoms with Gasteiger partial charge in [0.2, 0.25) is 5.91 Å². The third-order valence-corrected chi connectivity index (χ3v) is 19.7. The van der Waals surface area contributed by atoms with Gasteiger partial charge in [0.25, 0.3) is 0 Å². The minimum Gasteiger partial charge on any atom is -0.394 e. The van der Waals surface area contributed by atoms with Gasteiger partial charge < -0.3 is 89.9 Å². The van der Waals surface area contributed by atoms with Gasteiger partial charge in [-0.2, -0.15) is 0 Å². The van der Waals surface area contributed by atoms with Crippen molar-refractivity contribution in [1.82, 2.24) is 5.32 Å². The second-order valence-electron chi connectivity index (χ2n) is 28.8. The van der Waals surface area contributed by atoms with E-state index in [1.165, 1.54) is 141 Å². The van der Waals surface area contributed by atoms with E-state index in [2.05, 4.69) is 129 Å². The second kappa shape index (κ2) is 65.0. The standard InChI is InChI=1S/C86H147NO18/c1-3-5-7-9-11-13-15-17-19-21-23-25-27-29-31-33-34-36-38-40-42-44-46-48-50-52-54-56-58-60-62-64-74(92)87-69(70(91)63-61-59-57-55-53-51-49-47-45-43-41-39-37-35-32-30-28-26-24-22-20-18-16-14-12-10-8-6-4-2)68-100-84-80(98)77(95)82(72(66-89)102-84)105-86-81(99)78(96)83(73(67-90)103-86)104-85-79(97)76(94)75(93)71(65-88)101-85/h5,7,11,13,17,19,23,25,29,31,34,36,40,42,46,48,53,55,61,63,69-73,75-86,88-91,93-99H,3-4,6,8-10,12,14-16,18,20-22,24,26-28,30,32-33,35,37-39,41,43-45,47,49-52,54,56-60,62,64-68H2,1-2H3,(H,87,92)/b7-5-,13-11-,19-17-,25-23-,31-29-,36-34-,42-40-,48-46-,55-53+,63-61+. The van der Waals surface area contributed by atoms with Crippen molar-refractivity contribution in [2.24, 2.45) is 0 Å². The van der Waals surface area contributed by atoms with Crippen molar-refractivity contribution in [3.05, 3.63) is 122 Å². The van der Waals surface area contributed by atoms with Crippen LogP contribution in [0.25, 0.3) is 0 Å². The van der Waals surface area contributed by atoms with Gasteiger partial charge in [0.1, 0.15) is 73.2 Å². The minimum absolute atomic E-state index is 0.210. The van der Waals surface area contributed by atoms with Crippen molar-refractivity contribution in [3.8, 4) is 0 Å². The van der Waals surface area contributed by atoms with Crippen molar-refractivity contribution in [1.29, 1.82) is 0 Å². The lowest BCUT2D eigenvalue weighted by molar-refractivity contribution is -0.379. The molecule has 19 heteroatoms. The summed E-state index contributed by atoms with van der Waals surface area (Å²) in [6.45, 7) is 1.61. The zero-order valence-corrected chi connectivity index (χ0v) is 64.7. The summed E-state index contributed by atoms with van der Waals surface area (Å²) in [6, 6.07) is -1.01. The molecule has 105 heavy (non-hydrogen) atoms. The average molecular weight is 1480 g/mol. The third kappa shape index (κ3) is 44.6. The molecule has 0 aromatic carbocycles. The number of aliphatic hydroxyl groups excluding tert-OH is 11. The van der Waals surface area contributed by atoms with Gasteiger partial charge in [-0.1, -0.05) is 302 Å². The number of amides is 1. The smallest absolute Gasteiger partial charge is 0.220 e. The molecule has 17 unspecified atom stereocenters. The largest absolute Gasteiger partial charge is 0.394 e. The summed E-state index contributed by atoms with van der Waals surface area (Å²) >= 11 is 0. The van der Waals surface area contributed by atoms with Crippen LogP contribution in [0.15, 0.2) is 122 Å². The zero-order chi connectivity index (χ0) is 76.0. The van der Waals surface area contributed by atoms with E-state index in [4.69, 9.17) is 28.4 Å². The van der Waals surface area contributed by atoms with Crippen molar-refractivity contribution in [2.75, 3.05) is 26.4 Å². The Morgan fingerprint density at radius 3 is 1.07 bits per heavy atom. The van der Waals surface area contributed by atoms with E-state index in [1.54, 1.807) is 6.08 Å². The molecule has 604 valence electrons. The van der Waals surface area contributed by atoms with E-state index < -0.39 is 124 Å². The monoisotopic (exact) mass is 1480 g/mol. The third-order valence-electron chi connectivity index (χ3n) is 19.7. The molecule has 0 saturated carbocycles. The first-order valence-electron chi connectivity index (χ1n) is 41.3. The molecule has 0 radical (unpaired) electrons. The van der Waals surface area contributed by atoms with E-state index in [0.29, 0.717) is 12.8 Å². The lowest BCUT2D eigenvalue weighted by Gasteiger charge is -2.48. The van der Waals surface area contributed by atoms with Crippen molar-refractivity contribution < 1.29 is 89.4 Å². The van der Waals surface area contributed by atoms with Gasteiger partial charge in [0.05, 0.1) is 38.6 Å². The number of nitrogens with one attached hydrogen (secondary N) is 1. The Hall–Kier alpha value is -3.81. The van der Waals surface area contributed by atoms with E-state index in [0.717, 1.165) is 109 Å². The molecule has 0 spiro atoms. The molecule has 19 nitrogen and oxygen atoms in total. The molecule has 3 heterocycles. The molecule has 0 aromatic heterocycles. The maximum absolute atomic E-state index is 13.5. The molecular weight excluding hydrogens is 1330 g/mol. The summed E-state index contributed by atoms with van der Waals surface area (Å²) in [5, 5.41) is 121. The molecule has 0 bridgehead atoms. The van der Waals surface area contributed by atoms with Crippen molar-refractivity contribution in [3.63, 3.8) is 0 Å². The molecule has 0 aromatic rings. The Bertz CT molecular complexity index is 2370. The molecule has 0 aliphatic carbocycles. The van der Waals surface area contributed by atoms with Crippen LogP contribution in [-0.4, -0.2) is 193 Å². The summed E-state index contributed by atoms with van der Waals surface area (Å²) in [5.74, 6) is -0.303. The zero-order valence-electron chi connectivity index (χ0n) is 64.7. The predicted octanol–water partition coefficient (Wildman–Crippen LogP) is 14.3. The predicted molar refractivity (Wildman–Crippen MR) is 420 cm³/mol. The molecule has 3 rings (SSSR count). The molecule has 3 aliphatic heterocycles. The first-order valence-corrected chi connectivity index (χ1v) is 41.3. The van der Waals surface area contributed by atoms with Gasteiger partial charge in [-0.05, 0) is 96.3 Å². The minimum atomic E-state index is -1.99. The molecule has 3 aliphatic rings. The Morgan fingerprint density at radius 1 is 0.352 bits per heavy atom. The maximum Gasteiger partial charge on any atom is 0.220 e. The Balaban J connectivity index is 1.40. The van der Waals surface area contributed by atoms with Crippen LogP contribution >= 0.6 is 0 Å². The fourth-order valence-electron chi connectivity index (χ4n) is 13.2. The number of rotatable bonds is 64. The molecule has 3 fully saturated rings. The summed E-state index contributed by atoms with van der Waals surface area (Å²) in [4.78, 5) is 13.5. The van der Waals surface area contributed by atoms with Crippen LogP contribution in [0.3, 0.4) is 0 Å². The summed E-state index contributed by atoms with van der Waals surface area (Å²) < 4.78 is 34.4. The summed E-state index contributed by atoms with van der Waals surface area (Å²) in [7, 11) is 0. The first kappa shape index (κ1) is 95.4. The number of carbonyl (C=O) groups is 1. The van der Waals surface area contributed by atoms with Crippen molar-refractivity contribution in [2.45, 2.75) is 388 Å². The van der Waals surface area contributed by atoms with Gasteiger partial charge in [-0.25, -0.2) is 0 Å². The molecule has 3 saturated heterocycles. The van der Waals surface area contributed by atoms with Crippen LogP contribution in [0.1, 0.15) is 284 Å². The van der Waals surface area contributed by atoms with Crippen LogP contribution in [-0.2, 0) is 33.2 Å². The second-order valence-corrected chi connectivity index (χ2v) is 28.8. The fourth-order valence-corrected chi connectivity index (χ4v) is 13.2. The van der Waals surface area contributed by atoms with Gasteiger partial charge in [0, 0.05) is 6.42 Å². The first-order chi connectivity index (χ1) is 51.3. The van der Waals surface area contributed by atoms with Crippen LogP contribution in [0, 0.1) is 0 Å². The highest BCUT2D eigenvalue weighted by Crippen LogP contribution is 2.33. The maximum atomic E-state index is 13.5. The van der Waals surface area contributed by atoms with Crippen molar-refractivity contribution >= 4 is 5.91 Å². The summed E-state index contributed by atoms with van der Waals surface area (Å²) in [5.41, 5.74) is 0. The van der Waals surface area contributed by atoms with Crippen LogP contribution in [0.2, 0.25) is 0 Å². The topological polar surface area (TPSA) is 307 Å². The number of carbonyl (C=O) groups excluding carboxylic acids is 1.